The average Bonchev–Trinajstić information content (AvgIpc) is 3.86. The Hall–Kier alpha value is -4.02. The lowest BCUT2D eigenvalue weighted by Crippen LogP contribution is -2.54. The number of rotatable bonds is 9. The monoisotopic (exact) mass is 599 g/mol. The van der Waals surface area contributed by atoms with E-state index in [1.165, 1.54) is 11.6 Å². The molecule has 0 radical (unpaired) electrons. The SMILES string of the molecule is C[C@@H]1[C@H](NC(=O)c2ccc(C3CC3)cc2F)CCCN1c1cnc(C(N)=O)c(Nc2ccc(CN3CCN(C)CC3)cc2)c1. The molecule has 4 N–H and O–H groups in total. The number of nitrogens with two attached hydrogens (primary N) is 1. The van der Waals surface area contributed by atoms with Crippen molar-refractivity contribution in [2.75, 3.05) is 50.0 Å². The molecular weight excluding hydrogens is 557 g/mol. The third-order valence-electron chi connectivity index (χ3n) is 9.26. The molecule has 44 heavy (non-hydrogen) atoms. The molecule has 10 heteroatoms. The van der Waals surface area contributed by atoms with Crippen LogP contribution in [0.5, 0.6) is 0 Å². The minimum absolute atomic E-state index is 0.0761. The summed E-state index contributed by atoms with van der Waals surface area (Å²) in [7, 11) is 2.15. The van der Waals surface area contributed by atoms with Crippen LogP contribution in [0.3, 0.4) is 0 Å². The Kier molecular flexibility index (Phi) is 8.81. The quantitative estimate of drug-likeness (QED) is 0.333. The number of carbonyl (C=O) groups is 2. The van der Waals surface area contributed by atoms with Crippen molar-refractivity contribution in [1.82, 2.24) is 20.1 Å². The zero-order valence-corrected chi connectivity index (χ0v) is 25.6. The number of benzene rings is 2. The van der Waals surface area contributed by atoms with Gasteiger partial charge in [0.2, 0.25) is 0 Å². The average molecular weight is 600 g/mol. The van der Waals surface area contributed by atoms with Gasteiger partial charge in [-0.25, -0.2) is 9.37 Å². The fourth-order valence-electron chi connectivity index (χ4n) is 6.35. The highest BCUT2D eigenvalue weighted by Crippen LogP contribution is 2.40. The van der Waals surface area contributed by atoms with E-state index < -0.39 is 17.6 Å². The molecule has 3 aromatic rings. The summed E-state index contributed by atoms with van der Waals surface area (Å²) in [5.41, 5.74) is 10.3. The predicted molar refractivity (Wildman–Crippen MR) is 171 cm³/mol. The molecule has 0 unspecified atom stereocenters. The number of amides is 2. The Morgan fingerprint density at radius 3 is 2.43 bits per heavy atom. The van der Waals surface area contributed by atoms with Crippen molar-refractivity contribution in [2.24, 2.45) is 5.73 Å². The fraction of sp³-hybridized carbons (Fsp3) is 0.441. The van der Waals surface area contributed by atoms with E-state index in [0.29, 0.717) is 11.6 Å². The maximum atomic E-state index is 14.8. The number of primary amides is 1. The van der Waals surface area contributed by atoms with Gasteiger partial charge in [0.1, 0.15) is 5.82 Å². The third-order valence-corrected chi connectivity index (χ3v) is 9.26. The van der Waals surface area contributed by atoms with Crippen molar-refractivity contribution in [3.8, 4) is 0 Å². The summed E-state index contributed by atoms with van der Waals surface area (Å²) >= 11 is 0. The maximum absolute atomic E-state index is 14.8. The second-order valence-electron chi connectivity index (χ2n) is 12.5. The molecule has 2 amide bonds. The van der Waals surface area contributed by atoms with Gasteiger partial charge in [0.05, 0.1) is 23.1 Å². The first-order valence-corrected chi connectivity index (χ1v) is 15.7. The van der Waals surface area contributed by atoms with Gasteiger partial charge in [-0.3, -0.25) is 14.5 Å². The summed E-state index contributed by atoms with van der Waals surface area (Å²) < 4.78 is 14.8. The number of nitrogens with zero attached hydrogens (tertiary/aromatic N) is 4. The zero-order chi connectivity index (χ0) is 30.8. The molecule has 2 saturated heterocycles. The van der Waals surface area contributed by atoms with Crippen LogP contribution in [0.4, 0.5) is 21.5 Å². The van der Waals surface area contributed by atoms with E-state index in [0.717, 1.165) is 81.9 Å². The van der Waals surface area contributed by atoms with Crippen molar-refractivity contribution in [2.45, 2.75) is 57.2 Å². The van der Waals surface area contributed by atoms with Crippen LogP contribution < -0.4 is 21.3 Å². The number of hydrogen-bond donors (Lipinski definition) is 3. The van der Waals surface area contributed by atoms with Gasteiger partial charge in [-0.1, -0.05) is 18.2 Å². The van der Waals surface area contributed by atoms with Gasteiger partial charge in [0, 0.05) is 57.0 Å². The van der Waals surface area contributed by atoms with E-state index in [-0.39, 0.29) is 23.3 Å². The lowest BCUT2D eigenvalue weighted by Gasteiger charge is -2.41. The van der Waals surface area contributed by atoms with E-state index in [2.05, 4.69) is 49.5 Å². The summed E-state index contributed by atoms with van der Waals surface area (Å²) in [6, 6.07) is 14.8. The Labute approximate surface area is 258 Å². The summed E-state index contributed by atoms with van der Waals surface area (Å²) in [6.45, 7) is 7.98. The van der Waals surface area contributed by atoms with Gasteiger partial charge in [0.25, 0.3) is 11.8 Å². The molecule has 3 aliphatic rings. The molecule has 3 heterocycles. The van der Waals surface area contributed by atoms with Crippen molar-refractivity contribution >= 4 is 28.9 Å². The van der Waals surface area contributed by atoms with Gasteiger partial charge in [-0.15, -0.1) is 0 Å². The van der Waals surface area contributed by atoms with Crippen LogP contribution in [0.15, 0.2) is 54.7 Å². The smallest absolute Gasteiger partial charge is 0.269 e. The number of piperazine rings is 1. The number of piperidine rings is 1. The Morgan fingerprint density at radius 1 is 1.00 bits per heavy atom. The maximum Gasteiger partial charge on any atom is 0.269 e. The van der Waals surface area contributed by atoms with Crippen LogP contribution in [0.2, 0.25) is 0 Å². The molecule has 0 spiro atoms. The van der Waals surface area contributed by atoms with Crippen LogP contribution in [0.25, 0.3) is 0 Å². The van der Waals surface area contributed by atoms with E-state index in [9.17, 15) is 14.0 Å². The van der Waals surface area contributed by atoms with Crippen LogP contribution in [0, 0.1) is 5.82 Å². The number of likely N-dealkylation sites (N-methyl/N-ethyl adjacent to an activating group) is 1. The molecular formula is C34H42FN7O2. The van der Waals surface area contributed by atoms with Crippen molar-refractivity contribution in [3.63, 3.8) is 0 Å². The molecule has 6 rings (SSSR count). The number of halogens is 1. The molecule has 2 aromatic carbocycles. The topological polar surface area (TPSA) is 107 Å². The third kappa shape index (κ3) is 6.87. The molecule has 1 saturated carbocycles. The number of pyridine rings is 1. The molecule has 9 nitrogen and oxygen atoms in total. The molecule has 1 aliphatic carbocycles. The number of nitrogens with one attached hydrogen (secondary N) is 2. The van der Waals surface area contributed by atoms with Crippen LogP contribution in [0.1, 0.15) is 70.5 Å². The molecule has 3 fully saturated rings. The summed E-state index contributed by atoms with van der Waals surface area (Å²) in [4.78, 5) is 36.8. The summed E-state index contributed by atoms with van der Waals surface area (Å²) in [6.07, 6.45) is 5.44. The molecule has 1 aromatic heterocycles. The van der Waals surface area contributed by atoms with E-state index in [1.807, 2.05) is 31.2 Å². The van der Waals surface area contributed by atoms with E-state index in [1.54, 1.807) is 12.3 Å². The van der Waals surface area contributed by atoms with E-state index in [4.69, 9.17) is 5.73 Å². The van der Waals surface area contributed by atoms with Crippen LogP contribution in [-0.4, -0.2) is 78.5 Å². The fourth-order valence-corrected chi connectivity index (χ4v) is 6.35. The van der Waals surface area contributed by atoms with Gasteiger partial charge in [0.15, 0.2) is 5.69 Å². The first kappa shape index (κ1) is 30.0. The van der Waals surface area contributed by atoms with Crippen LogP contribution in [-0.2, 0) is 6.54 Å². The summed E-state index contributed by atoms with van der Waals surface area (Å²) in [5, 5.41) is 6.43. The predicted octanol–water partition coefficient (Wildman–Crippen LogP) is 4.48. The van der Waals surface area contributed by atoms with Gasteiger partial charge in [-0.05, 0) is 87.0 Å². The molecule has 2 atom stereocenters. The Balaban J connectivity index is 1.14. The van der Waals surface area contributed by atoms with Crippen LogP contribution >= 0.6 is 0 Å². The second-order valence-corrected chi connectivity index (χ2v) is 12.5. The lowest BCUT2D eigenvalue weighted by atomic mass is 9.96. The normalized spacial score (nSPS) is 21.2. The Bertz CT molecular complexity index is 1500. The highest BCUT2D eigenvalue weighted by Gasteiger charge is 2.31. The van der Waals surface area contributed by atoms with Crippen molar-refractivity contribution in [3.05, 3.63) is 82.9 Å². The van der Waals surface area contributed by atoms with Crippen molar-refractivity contribution < 1.29 is 14.0 Å². The minimum atomic E-state index is -0.614. The zero-order valence-electron chi connectivity index (χ0n) is 25.6. The van der Waals surface area contributed by atoms with Gasteiger partial charge >= 0.3 is 0 Å². The minimum Gasteiger partial charge on any atom is -0.365 e. The molecule has 2 aliphatic heterocycles. The van der Waals surface area contributed by atoms with E-state index >= 15 is 0 Å². The number of aromatic nitrogens is 1. The molecule has 232 valence electrons. The highest BCUT2D eigenvalue weighted by atomic mass is 19.1. The van der Waals surface area contributed by atoms with Gasteiger partial charge < -0.3 is 26.2 Å². The summed E-state index contributed by atoms with van der Waals surface area (Å²) in [5.74, 6) is -1.06. The number of carbonyl (C=O) groups excluding carboxylic acids is 2. The molecule has 0 bridgehead atoms. The second kappa shape index (κ2) is 12.9. The lowest BCUT2D eigenvalue weighted by molar-refractivity contribution is 0.0919. The highest BCUT2D eigenvalue weighted by molar-refractivity contribution is 5.98. The largest absolute Gasteiger partial charge is 0.365 e. The van der Waals surface area contributed by atoms with Crippen molar-refractivity contribution in [1.29, 1.82) is 0 Å². The van der Waals surface area contributed by atoms with Gasteiger partial charge in [-0.2, -0.15) is 0 Å². The first-order chi connectivity index (χ1) is 21.2. The number of anilines is 3. The standard InChI is InChI=1S/C34H42FN7O2/c1-22-30(39-34(44)28-12-9-25(18-29(28)35)24-7-8-24)4-3-13-42(22)27-19-31(32(33(36)43)37-20-27)38-26-10-5-23(6-11-26)21-41-16-14-40(2)15-17-41/h5-6,9-12,18-20,22,24,30,38H,3-4,7-8,13-17,21H2,1-2H3,(H2,36,43)(H,39,44)/t22-,30-/m1/s1. The first-order valence-electron chi connectivity index (χ1n) is 15.7. The number of hydrogen-bond acceptors (Lipinski definition) is 7. The Morgan fingerprint density at radius 2 is 1.75 bits per heavy atom.